The first kappa shape index (κ1) is 26.5. The molecule has 8 heteroatoms. The van der Waals surface area contributed by atoms with E-state index >= 15 is 0 Å². The zero-order chi connectivity index (χ0) is 25.8. The summed E-state index contributed by atoms with van der Waals surface area (Å²) in [5.74, 6) is -6.06. The molecule has 2 aromatic carbocycles. The highest BCUT2D eigenvalue weighted by atomic mass is 19.2. The molecule has 0 heterocycles. The smallest absolute Gasteiger partial charge is 0.314 e. The lowest BCUT2D eigenvalue weighted by molar-refractivity contribution is -0.140. The normalized spacial score (nSPS) is 24.4. The molecule has 0 aromatic heterocycles. The van der Waals surface area contributed by atoms with Crippen LogP contribution >= 0.6 is 0 Å². The molecule has 2 fully saturated rings. The van der Waals surface area contributed by atoms with E-state index in [2.05, 4.69) is 0 Å². The van der Waals surface area contributed by atoms with Crippen LogP contribution < -0.4 is 9.47 Å². The molecular formula is C28H32F4O4. The SMILES string of the molecule is CCOc1ccc(C2CCC(C(=O)Oc3ccc(C4CCC(CO)CC4)c(F)c3F)CC2)c(F)c1F. The maximum absolute atomic E-state index is 14.8. The Morgan fingerprint density at radius 3 is 1.81 bits per heavy atom. The molecular weight excluding hydrogens is 476 g/mol. The minimum Gasteiger partial charge on any atom is -0.491 e. The molecule has 196 valence electrons. The average molecular weight is 509 g/mol. The number of aliphatic hydroxyl groups excluding tert-OH is 1. The van der Waals surface area contributed by atoms with Gasteiger partial charge in [0.05, 0.1) is 12.5 Å². The van der Waals surface area contributed by atoms with Crippen molar-refractivity contribution in [2.24, 2.45) is 11.8 Å². The van der Waals surface area contributed by atoms with Gasteiger partial charge in [-0.1, -0.05) is 12.1 Å². The van der Waals surface area contributed by atoms with Crippen LogP contribution in [-0.2, 0) is 4.79 Å². The molecule has 2 saturated carbocycles. The Balaban J connectivity index is 1.36. The van der Waals surface area contributed by atoms with E-state index in [0.717, 1.165) is 12.8 Å². The van der Waals surface area contributed by atoms with Crippen LogP contribution in [0.1, 0.15) is 81.3 Å². The summed E-state index contributed by atoms with van der Waals surface area (Å²) in [5.41, 5.74) is 0.522. The molecule has 36 heavy (non-hydrogen) atoms. The van der Waals surface area contributed by atoms with Crippen LogP contribution in [0.4, 0.5) is 17.6 Å². The van der Waals surface area contributed by atoms with E-state index in [0.29, 0.717) is 38.5 Å². The zero-order valence-electron chi connectivity index (χ0n) is 20.4. The van der Waals surface area contributed by atoms with Crippen molar-refractivity contribution in [3.05, 3.63) is 58.7 Å². The van der Waals surface area contributed by atoms with Gasteiger partial charge in [-0.15, -0.1) is 0 Å². The van der Waals surface area contributed by atoms with Crippen LogP contribution in [0.5, 0.6) is 11.5 Å². The fourth-order valence-electron chi connectivity index (χ4n) is 5.56. The molecule has 2 aliphatic carbocycles. The molecule has 0 spiro atoms. The van der Waals surface area contributed by atoms with E-state index in [9.17, 15) is 27.5 Å². The quantitative estimate of drug-likeness (QED) is 0.254. The van der Waals surface area contributed by atoms with E-state index in [1.165, 1.54) is 24.3 Å². The molecule has 1 N–H and O–H groups in total. The lowest BCUT2D eigenvalue weighted by Crippen LogP contribution is -2.26. The summed E-state index contributed by atoms with van der Waals surface area (Å²) in [6.45, 7) is 2.01. The van der Waals surface area contributed by atoms with Crippen molar-refractivity contribution < 1.29 is 36.9 Å². The van der Waals surface area contributed by atoms with E-state index < -0.39 is 40.9 Å². The molecule has 4 rings (SSSR count). The van der Waals surface area contributed by atoms with E-state index in [1.54, 1.807) is 6.92 Å². The molecule has 2 aliphatic rings. The third-order valence-electron chi connectivity index (χ3n) is 7.71. The van der Waals surface area contributed by atoms with E-state index in [-0.39, 0.29) is 47.8 Å². The molecule has 0 bridgehead atoms. The molecule has 0 atom stereocenters. The molecule has 2 aromatic rings. The summed E-state index contributed by atoms with van der Waals surface area (Å²) in [5, 5.41) is 9.28. The van der Waals surface area contributed by atoms with Crippen molar-refractivity contribution in [3.63, 3.8) is 0 Å². The second-order valence-electron chi connectivity index (χ2n) is 9.86. The van der Waals surface area contributed by atoms with Gasteiger partial charge in [0.15, 0.2) is 23.1 Å². The number of halogens is 4. The van der Waals surface area contributed by atoms with Crippen LogP contribution in [0.2, 0.25) is 0 Å². The van der Waals surface area contributed by atoms with E-state index in [4.69, 9.17) is 9.47 Å². The van der Waals surface area contributed by atoms with Crippen molar-refractivity contribution in [2.45, 2.75) is 70.1 Å². The monoisotopic (exact) mass is 508 g/mol. The Hall–Kier alpha value is -2.61. The van der Waals surface area contributed by atoms with Crippen molar-refractivity contribution in [2.75, 3.05) is 13.2 Å². The number of carbonyl (C=O) groups excluding carboxylic acids is 1. The van der Waals surface area contributed by atoms with Crippen LogP contribution in [0.3, 0.4) is 0 Å². The molecule has 0 aliphatic heterocycles. The Kier molecular flexibility index (Phi) is 8.54. The molecule has 0 saturated heterocycles. The average Bonchev–Trinajstić information content (AvgIpc) is 2.90. The van der Waals surface area contributed by atoms with Gasteiger partial charge in [-0.05, 0) is 99.3 Å². The van der Waals surface area contributed by atoms with Gasteiger partial charge in [0.2, 0.25) is 11.6 Å². The van der Waals surface area contributed by atoms with Crippen molar-refractivity contribution in [1.82, 2.24) is 0 Å². The molecule has 4 nitrogen and oxygen atoms in total. The lowest BCUT2D eigenvalue weighted by Gasteiger charge is -2.28. The Morgan fingerprint density at radius 1 is 0.778 bits per heavy atom. The van der Waals surface area contributed by atoms with Gasteiger partial charge in [-0.25, -0.2) is 8.78 Å². The fraction of sp³-hybridized carbons (Fsp3) is 0.536. The van der Waals surface area contributed by atoms with Crippen LogP contribution in [-0.4, -0.2) is 24.3 Å². The zero-order valence-corrected chi connectivity index (χ0v) is 20.4. The standard InChI is InChI=1S/C28H32F4O4/c1-2-35-22-13-11-20(24(29)26(22)31)18-7-9-19(10-8-18)28(34)36-23-14-12-21(25(30)27(23)32)17-5-3-16(15-33)4-6-17/h11-14,16-19,33H,2-10,15H2,1H3. The highest BCUT2D eigenvalue weighted by Crippen LogP contribution is 2.41. The summed E-state index contributed by atoms with van der Waals surface area (Å²) in [6.07, 6.45) is 4.48. The molecule has 0 radical (unpaired) electrons. The van der Waals surface area contributed by atoms with Crippen molar-refractivity contribution in [3.8, 4) is 11.5 Å². The topological polar surface area (TPSA) is 55.8 Å². The minimum absolute atomic E-state index is 0.104. The van der Waals surface area contributed by atoms with Gasteiger partial charge in [-0.2, -0.15) is 8.78 Å². The number of ether oxygens (including phenoxy) is 2. The highest BCUT2D eigenvalue weighted by Gasteiger charge is 2.32. The van der Waals surface area contributed by atoms with E-state index in [1.807, 2.05) is 0 Å². The fourth-order valence-corrected chi connectivity index (χ4v) is 5.56. The Morgan fingerprint density at radius 2 is 1.28 bits per heavy atom. The van der Waals surface area contributed by atoms with Crippen molar-refractivity contribution >= 4 is 5.97 Å². The number of benzene rings is 2. The van der Waals surface area contributed by atoms with Gasteiger partial charge in [0.25, 0.3) is 0 Å². The summed E-state index contributed by atoms with van der Waals surface area (Å²) in [7, 11) is 0. The number of hydrogen-bond acceptors (Lipinski definition) is 4. The maximum atomic E-state index is 14.8. The Labute approximate surface area is 208 Å². The number of esters is 1. The number of carbonyl (C=O) groups is 1. The van der Waals surface area contributed by atoms with Crippen LogP contribution in [0.25, 0.3) is 0 Å². The molecule has 0 amide bonds. The summed E-state index contributed by atoms with van der Waals surface area (Å²) in [6, 6.07) is 5.71. The van der Waals surface area contributed by atoms with Crippen LogP contribution in [0.15, 0.2) is 24.3 Å². The maximum Gasteiger partial charge on any atom is 0.314 e. The first-order chi connectivity index (χ1) is 17.3. The third-order valence-corrected chi connectivity index (χ3v) is 7.71. The van der Waals surface area contributed by atoms with Gasteiger partial charge >= 0.3 is 5.97 Å². The van der Waals surface area contributed by atoms with Gasteiger partial charge in [0.1, 0.15) is 0 Å². The summed E-state index contributed by atoms with van der Waals surface area (Å²) in [4.78, 5) is 12.7. The number of rotatable bonds is 7. The van der Waals surface area contributed by atoms with Gasteiger partial charge < -0.3 is 14.6 Å². The Bertz CT molecular complexity index is 1070. The lowest BCUT2D eigenvalue weighted by atomic mass is 9.78. The van der Waals surface area contributed by atoms with Gasteiger partial charge in [0, 0.05) is 6.61 Å². The predicted octanol–water partition coefficient (Wildman–Crippen LogP) is 6.79. The predicted molar refractivity (Wildman–Crippen MR) is 126 cm³/mol. The second kappa shape index (κ2) is 11.6. The second-order valence-corrected chi connectivity index (χ2v) is 9.86. The van der Waals surface area contributed by atoms with Crippen LogP contribution in [0, 0.1) is 35.1 Å². The number of aliphatic hydroxyl groups is 1. The summed E-state index contributed by atoms with van der Waals surface area (Å²) >= 11 is 0. The largest absolute Gasteiger partial charge is 0.491 e. The number of hydrogen-bond donors (Lipinski definition) is 1. The first-order valence-electron chi connectivity index (χ1n) is 12.7. The molecule has 0 unspecified atom stereocenters. The third kappa shape index (κ3) is 5.53. The first-order valence-corrected chi connectivity index (χ1v) is 12.7. The van der Waals surface area contributed by atoms with Crippen molar-refractivity contribution in [1.29, 1.82) is 0 Å². The van der Waals surface area contributed by atoms with Gasteiger partial charge in [-0.3, -0.25) is 4.79 Å². The minimum atomic E-state index is -1.18. The summed E-state index contributed by atoms with van der Waals surface area (Å²) < 4.78 is 68.7. The highest BCUT2D eigenvalue weighted by molar-refractivity contribution is 5.75.